The predicted molar refractivity (Wildman–Crippen MR) is 112 cm³/mol. The van der Waals surface area contributed by atoms with Gasteiger partial charge in [0.1, 0.15) is 11.5 Å². The van der Waals surface area contributed by atoms with E-state index in [1.807, 2.05) is 42.5 Å². The molecule has 1 atom stereocenters. The lowest BCUT2D eigenvalue weighted by molar-refractivity contribution is 0.0677. The van der Waals surface area contributed by atoms with Gasteiger partial charge in [-0.05, 0) is 45.8 Å². The fourth-order valence-corrected chi connectivity index (χ4v) is 3.63. The molecule has 0 aliphatic carbocycles. The maximum Gasteiger partial charge on any atom is 0.310 e. The minimum absolute atomic E-state index is 0.228. The standard InChI is InChI=1S/C22H19BrN2O4/c1-27-16-10-15(11-17(12-16)28-2)18-13-19(14-6-4-3-5-7-14)25(24-18)22(26)20-8-9-21(23)29-20/h3-12,19H,13H2,1-2H3/t19-/m1/s1. The van der Waals surface area contributed by atoms with Crippen LogP contribution in [0.15, 0.2) is 74.9 Å². The normalized spacial score (nSPS) is 15.9. The van der Waals surface area contributed by atoms with Crippen LogP contribution in [0.3, 0.4) is 0 Å². The van der Waals surface area contributed by atoms with Crippen molar-refractivity contribution in [2.45, 2.75) is 12.5 Å². The quantitative estimate of drug-likeness (QED) is 0.540. The van der Waals surface area contributed by atoms with Gasteiger partial charge in [0.15, 0.2) is 10.4 Å². The summed E-state index contributed by atoms with van der Waals surface area (Å²) in [5.74, 6) is 1.26. The zero-order valence-electron chi connectivity index (χ0n) is 16.0. The number of furan rings is 1. The van der Waals surface area contributed by atoms with E-state index in [9.17, 15) is 4.79 Å². The van der Waals surface area contributed by atoms with Gasteiger partial charge in [-0.15, -0.1) is 0 Å². The molecule has 2 aromatic carbocycles. The van der Waals surface area contributed by atoms with Crippen LogP contribution in [0.25, 0.3) is 0 Å². The third-order valence-electron chi connectivity index (χ3n) is 4.77. The minimum Gasteiger partial charge on any atom is -0.497 e. The van der Waals surface area contributed by atoms with Crippen molar-refractivity contribution in [2.75, 3.05) is 14.2 Å². The number of hydrogen-bond donors (Lipinski definition) is 0. The maximum absolute atomic E-state index is 13.1. The van der Waals surface area contributed by atoms with Crippen molar-refractivity contribution < 1.29 is 18.7 Å². The number of halogens is 1. The molecule has 1 aliphatic heterocycles. The van der Waals surface area contributed by atoms with Crippen molar-refractivity contribution >= 4 is 27.5 Å². The van der Waals surface area contributed by atoms with Crippen molar-refractivity contribution in [1.29, 1.82) is 0 Å². The smallest absolute Gasteiger partial charge is 0.310 e. The van der Waals surface area contributed by atoms with E-state index in [1.54, 1.807) is 32.4 Å². The third-order valence-corrected chi connectivity index (χ3v) is 5.20. The number of nitrogens with zero attached hydrogens (tertiary/aromatic N) is 2. The van der Waals surface area contributed by atoms with Crippen molar-refractivity contribution in [2.24, 2.45) is 5.10 Å². The number of carbonyl (C=O) groups excluding carboxylic acids is 1. The van der Waals surface area contributed by atoms with Crippen LogP contribution in [0.5, 0.6) is 11.5 Å². The molecule has 0 unspecified atom stereocenters. The molecule has 0 radical (unpaired) electrons. The van der Waals surface area contributed by atoms with Crippen LogP contribution in [0.4, 0.5) is 0 Å². The molecule has 0 saturated carbocycles. The Hall–Kier alpha value is -3.06. The highest BCUT2D eigenvalue weighted by atomic mass is 79.9. The lowest BCUT2D eigenvalue weighted by atomic mass is 9.98. The molecular formula is C22H19BrN2O4. The van der Waals surface area contributed by atoms with Gasteiger partial charge < -0.3 is 13.9 Å². The molecule has 0 bridgehead atoms. The summed E-state index contributed by atoms with van der Waals surface area (Å²) in [6.45, 7) is 0. The first-order valence-electron chi connectivity index (χ1n) is 9.04. The molecule has 1 amide bonds. The number of carbonyl (C=O) groups is 1. The fraction of sp³-hybridized carbons (Fsp3) is 0.182. The Morgan fingerprint density at radius 3 is 2.34 bits per heavy atom. The zero-order chi connectivity index (χ0) is 20.4. The Kier molecular flexibility index (Phi) is 5.40. The Bertz CT molecular complexity index is 1040. The SMILES string of the molecule is COc1cc(OC)cc(C2=NN(C(=O)c3ccc(Br)o3)[C@@H](c3ccccc3)C2)c1. The van der Waals surface area contributed by atoms with Crippen LogP contribution in [0.1, 0.15) is 34.1 Å². The second-order valence-corrected chi connectivity index (χ2v) is 7.31. The molecule has 4 rings (SSSR count). The molecule has 1 aliphatic rings. The monoisotopic (exact) mass is 454 g/mol. The Morgan fingerprint density at radius 2 is 1.76 bits per heavy atom. The minimum atomic E-state index is -0.297. The number of hydrazone groups is 1. The van der Waals surface area contributed by atoms with Gasteiger partial charge >= 0.3 is 5.91 Å². The van der Waals surface area contributed by atoms with Gasteiger partial charge in [-0.3, -0.25) is 4.79 Å². The second kappa shape index (κ2) is 8.13. The molecular weight excluding hydrogens is 436 g/mol. The highest BCUT2D eigenvalue weighted by molar-refractivity contribution is 9.10. The topological polar surface area (TPSA) is 64.3 Å². The predicted octanol–water partition coefficient (Wildman–Crippen LogP) is 5.05. The van der Waals surface area contributed by atoms with Gasteiger partial charge in [-0.2, -0.15) is 5.10 Å². The second-order valence-electron chi connectivity index (χ2n) is 6.53. The van der Waals surface area contributed by atoms with Crippen LogP contribution >= 0.6 is 15.9 Å². The largest absolute Gasteiger partial charge is 0.497 e. The lowest BCUT2D eigenvalue weighted by Gasteiger charge is -2.21. The van der Waals surface area contributed by atoms with Gasteiger partial charge in [0.05, 0.1) is 26.0 Å². The molecule has 3 aromatic rings. The van der Waals surface area contributed by atoms with Crippen molar-refractivity contribution in [3.05, 3.63) is 82.2 Å². The van der Waals surface area contributed by atoms with Gasteiger partial charge in [0.2, 0.25) is 0 Å². The average Bonchev–Trinajstić information content (AvgIpc) is 3.40. The fourth-order valence-electron chi connectivity index (χ4n) is 3.32. The highest BCUT2D eigenvalue weighted by Crippen LogP contribution is 2.35. The van der Waals surface area contributed by atoms with Crippen LogP contribution in [0, 0.1) is 0 Å². The molecule has 29 heavy (non-hydrogen) atoms. The van der Waals surface area contributed by atoms with E-state index < -0.39 is 0 Å². The molecule has 148 valence electrons. The molecule has 1 aromatic heterocycles. The van der Waals surface area contributed by atoms with E-state index in [4.69, 9.17) is 13.9 Å². The number of rotatable bonds is 5. The van der Waals surface area contributed by atoms with E-state index in [1.165, 1.54) is 5.01 Å². The molecule has 0 spiro atoms. The van der Waals surface area contributed by atoms with Gasteiger partial charge in [-0.1, -0.05) is 30.3 Å². The Balaban J connectivity index is 1.75. The molecule has 2 heterocycles. The summed E-state index contributed by atoms with van der Waals surface area (Å²) in [6.07, 6.45) is 0.563. The van der Waals surface area contributed by atoms with Crippen LogP contribution in [-0.2, 0) is 0 Å². The molecule has 6 nitrogen and oxygen atoms in total. The third kappa shape index (κ3) is 3.91. The van der Waals surface area contributed by atoms with Gasteiger partial charge in [0, 0.05) is 18.1 Å². The maximum atomic E-state index is 13.1. The van der Waals surface area contributed by atoms with Gasteiger partial charge in [0.25, 0.3) is 0 Å². The summed E-state index contributed by atoms with van der Waals surface area (Å²) < 4.78 is 16.7. The summed E-state index contributed by atoms with van der Waals surface area (Å²) in [4.78, 5) is 13.1. The van der Waals surface area contributed by atoms with Crippen LogP contribution in [-0.4, -0.2) is 30.8 Å². The van der Waals surface area contributed by atoms with Crippen molar-refractivity contribution in [1.82, 2.24) is 5.01 Å². The van der Waals surface area contributed by atoms with E-state index >= 15 is 0 Å². The molecule has 0 N–H and O–H groups in total. The van der Waals surface area contributed by atoms with Crippen LogP contribution in [0.2, 0.25) is 0 Å². The van der Waals surface area contributed by atoms with Crippen molar-refractivity contribution in [3.8, 4) is 11.5 Å². The van der Waals surface area contributed by atoms with Crippen molar-refractivity contribution in [3.63, 3.8) is 0 Å². The number of amides is 1. The lowest BCUT2D eigenvalue weighted by Crippen LogP contribution is -2.26. The number of benzene rings is 2. The van der Waals surface area contributed by atoms with E-state index in [2.05, 4.69) is 21.0 Å². The Labute approximate surface area is 176 Å². The first-order chi connectivity index (χ1) is 14.1. The van der Waals surface area contributed by atoms with Crippen LogP contribution < -0.4 is 9.47 Å². The van der Waals surface area contributed by atoms with Gasteiger partial charge in [-0.25, -0.2) is 5.01 Å². The summed E-state index contributed by atoms with van der Waals surface area (Å²) in [5.41, 5.74) is 2.62. The molecule has 0 fully saturated rings. The van der Waals surface area contributed by atoms with E-state index in [-0.39, 0.29) is 17.7 Å². The molecule has 0 saturated heterocycles. The van der Waals surface area contributed by atoms with E-state index in [0.29, 0.717) is 22.6 Å². The first-order valence-corrected chi connectivity index (χ1v) is 9.83. The number of ether oxygens (including phenoxy) is 2. The number of methoxy groups -OCH3 is 2. The summed E-state index contributed by atoms with van der Waals surface area (Å²) >= 11 is 3.25. The Morgan fingerprint density at radius 1 is 1.07 bits per heavy atom. The summed E-state index contributed by atoms with van der Waals surface area (Å²) in [7, 11) is 3.21. The zero-order valence-corrected chi connectivity index (χ0v) is 17.5. The number of hydrogen-bond acceptors (Lipinski definition) is 5. The average molecular weight is 455 g/mol. The first kappa shape index (κ1) is 19.3. The highest BCUT2D eigenvalue weighted by Gasteiger charge is 2.35. The summed E-state index contributed by atoms with van der Waals surface area (Å²) in [5, 5.41) is 6.15. The van der Waals surface area contributed by atoms with E-state index in [0.717, 1.165) is 16.8 Å². The summed E-state index contributed by atoms with van der Waals surface area (Å²) in [6, 6.07) is 18.5. The molecule has 7 heteroatoms.